The Hall–Kier alpha value is -1.61. The minimum Gasteiger partial charge on any atom is -0.443 e. The molecule has 1 aliphatic rings. The van der Waals surface area contributed by atoms with Crippen molar-refractivity contribution in [2.75, 3.05) is 6.54 Å². The standard InChI is InChI=1S/C12H12N2O/c13-6-5-9-2-1-8-3-4-10-12(11(8)9)15-7-14-10/h3-5,7H,1-2,6,13H2/b9-5+. The Morgan fingerprint density at radius 3 is 3.20 bits per heavy atom. The molecule has 0 fully saturated rings. The summed E-state index contributed by atoms with van der Waals surface area (Å²) in [5.74, 6) is 0. The summed E-state index contributed by atoms with van der Waals surface area (Å²) in [5, 5.41) is 0. The maximum atomic E-state index is 5.56. The normalized spacial score (nSPS) is 17.5. The van der Waals surface area contributed by atoms with Gasteiger partial charge >= 0.3 is 0 Å². The van der Waals surface area contributed by atoms with Crippen molar-refractivity contribution >= 4 is 16.7 Å². The van der Waals surface area contributed by atoms with Crippen LogP contribution in [-0.4, -0.2) is 11.5 Å². The van der Waals surface area contributed by atoms with Crippen molar-refractivity contribution in [1.29, 1.82) is 0 Å². The van der Waals surface area contributed by atoms with Gasteiger partial charge in [0.05, 0.1) is 0 Å². The maximum Gasteiger partial charge on any atom is 0.182 e. The smallest absolute Gasteiger partial charge is 0.182 e. The molecule has 0 bridgehead atoms. The van der Waals surface area contributed by atoms with Gasteiger partial charge in [-0.15, -0.1) is 0 Å². The fourth-order valence-electron chi connectivity index (χ4n) is 2.27. The molecule has 3 heteroatoms. The van der Waals surface area contributed by atoms with Crippen LogP contribution in [0.2, 0.25) is 0 Å². The van der Waals surface area contributed by atoms with Gasteiger partial charge in [0.15, 0.2) is 12.0 Å². The van der Waals surface area contributed by atoms with Crippen LogP contribution in [0.3, 0.4) is 0 Å². The van der Waals surface area contributed by atoms with Crippen molar-refractivity contribution in [2.45, 2.75) is 12.8 Å². The number of nitrogens with zero attached hydrogens (tertiary/aromatic N) is 1. The fraction of sp³-hybridized carbons (Fsp3) is 0.250. The third-order valence-corrected chi connectivity index (χ3v) is 2.93. The molecule has 0 unspecified atom stereocenters. The molecule has 0 saturated carbocycles. The summed E-state index contributed by atoms with van der Waals surface area (Å²) < 4.78 is 5.44. The number of allylic oxidation sites excluding steroid dienone is 1. The first-order chi connectivity index (χ1) is 7.40. The van der Waals surface area contributed by atoms with Gasteiger partial charge in [0.1, 0.15) is 5.52 Å². The van der Waals surface area contributed by atoms with Crippen LogP contribution in [0.25, 0.3) is 16.7 Å². The van der Waals surface area contributed by atoms with E-state index in [1.54, 1.807) is 0 Å². The zero-order valence-electron chi connectivity index (χ0n) is 8.36. The van der Waals surface area contributed by atoms with E-state index in [9.17, 15) is 0 Å². The molecular formula is C12H12N2O. The molecule has 2 N–H and O–H groups in total. The van der Waals surface area contributed by atoms with Gasteiger partial charge in [-0.25, -0.2) is 4.98 Å². The molecule has 1 aromatic carbocycles. The van der Waals surface area contributed by atoms with E-state index in [0.29, 0.717) is 6.54 Å². The van der Waals surface area contributed by atoms with Gasteiger partial charge in [-0.2, -0.15) is 0 Å². The predicted molar refractivity (Wildman–Crippen MR) is 59.4 cm³/mol. The maximum absolute atomic E-state index is 5.56. The average Bonchev–Trinajstić information content (AvgIpc) is 2.83. The van der Waals surface area contributed by atoms with Gasteiger partial charge in [0.2, 0.25) is 0 Å². The molecule has 0 amide bonds. The van der Waals surface area contributed by atoms with Crippen LogP contribution in [0.4, 0.5) is 0 Å². The molecule has 1 aliphatic carbocycles. The van der Waals surface area contributed by atoms with Gasteiger partial charge in [-0.3, -0.25) is 0 Å². The van der Waals surface area contributed by atoms with E-state index in [1.165, 1.54) is 23.1 Å². The number of aromatic nitrogens is 1. The third kappa shape index (κ3) is 1.20. The second-order valence-electron chi connectivity index (χ2n) is 3.77. The molecule has 0 spiro atoms. The van der Waals surface area contributed by atoms with Crippen LogP contribution >= 0.6 is 0 Å². The summed E-state index contributed by atoms with van der Waals surface area (Å²) in [6, 6.07) is 4.15. The fourth-order valence-corrected chi connectivity index (χ4v) is 2.27. The minimum absolute atomic E-state index is 0.583. The van der Waals surface area contributed by atoms with Gasteiger partial charge in [-0.1, -0.05) is 12.1 Å². The Morgan fingerprint density at radius 1 is 1.40 bits per heavy atom. The molecule has 1 aromatic heterocycles. The first kappa shape index (κ1) is 8.68. The number of benzene rings is 1. The summed E-state index contributed by atoms with van der Waals surface area (Å²) in [4.78, 5) is 4.17. The number of fused-ring (bicyclic) bond motifs is 3. The average molecular weight is 200 g/mol. The van der Waals surface area contributed by atoms with Crippen molar-refractivity contribution in [3.63, 3.8) is 0 Å². The molecule has 1 heterocycles. The Morgan fingerprint density at radius 2 is 2.33 bits per heavy atom. The second-order valence-corrected chi connectivity index (χ2v) is 3.77. The zero-order chi connectivity index (χ0) is 10.3. The summed E-state index contributed by atoms with van der Waals surface area (Å²) >= 11 is 0. The lowest BCUT2D eigenvalue weighted by atomic mass is 10.1. The molecule has 76 valence electrons. The largest absolute Gasteiger partial charge is 0.443 e. The van der Waals surface area contributed by atoms with E-state index in [2.05, 4.69) is 17.1 Å². The third-order valence-electron chi connectivity index (χ3n) is 2.93. The van der Waals surface area contributed by atoms with E-state index < -0.39 is 0 Å². The minimum atomic E-state index is 0.583. The Bertz CT molecular complexity index is 540. The van der Waals surface area contributed by atoms with Crippen LogP contribution in [0.1, 0.15) is 17.5 Å². The van der Waals surface area contributed by atoms with Crippen molar-refractivity contribution in [3.05, 3.63) is 35.7 Å². The number of hydrogen-bond donors (Lipinski definition) is 1. The van der Waals surface area contributed by atoms with E-state index in [4.69, 9.17) is 10.2 Å². The van der Waals surface area contributed by atoms with Gasteiger partial charge in [0.25, 0.3) is 0 Å². The molecule has 15 heavy (non-hydrogen) atoms. The monoisotopic (exact) mass is 200 g/mol. The Kier molecular flexibility index (Phi) is 1.86. The first-order valence-electron chi connectivity index (χ1n) is 5.14. The van der Waals surface area contributed by atoms with E-state index in [-0.39, 0.29) is 0 Å². The highest BCUT2D eigenvalue weighted by atomic mass is 16.3. The van der Waals surface area contributed by atoms with Crippen molar-refractivity contribution in [3.8, 4) is 0 Å². The number of rotatable bonds is 1. The lowest BCUT2D eigenvalue weighted by molar-refractivity contribution is 0.601. The molecule has 3 rings (SSSR count). The van der Waals surface area contributed by atoms with Crippen LogP contribution < -0.4 is 5.73 Å². The van der Waals surface area contributed by atoms with E-state index >= 15 is 0 Å². The predicted octanol–water partition coefficient (Wildman–Crippen LogP) is 2.12. The van der Waals surface area contributed by atoms with Crippen LogP contribution in [0.15, 0.2) is 29.0 Å². The molecule has 2 aromatic rings. The summed E-state index contributed by atoms with van der Waals surface area (Å²) in [7, 11) is 0. The SMILES string of the molecule is NC/C=C1\CCc2ccc3ncoc3c21. The topological polar surface area (TPSA) is 52.0 Å². The van der Waals surface area contributed by atoms with Crippen LogP contribution in [0, 0.1) is 0 Å². The van der Waals surface area contributed by atoms with Crippen molar-refractivity contribution < 1.29 is 4.42 Å². The molecular weight excluding hydrogens is 188 g/mol. The number of nitrogens with two attached hydrogens (primary N) is 1. The van der Waals surface area contributed by atoms with Crippen molar-refractivity contribution in [1.82, 2.24) is 4.98 Å². The van der Waals surface area contributed by atoms with Gasteiger partial charge in [0, 0.05) is 12.1 Å². The first-order valence-corrected chi connectivity index (χ1v) is 5.14. The highest BCUT2D eigenvalue weighted by Crippen LogP contribution is 2.36. The zero-order valence-corrected chi connectivity index (χ0v) is 8.36. The lowest BCUT2D eigenvalue weighted by Gasteiger charge is -2.00. The van der Waals surface area contributed by atoms with E-state index in [1.807, 2.05) is 6.07 Å². The number of aryl methyl sites for hydroxylation is 1. The summed E-state index contributed by atoms with van der Waals surface area (Å²) in [6.45, 7) is 0.583. The van der Waals surface area contributed by atoms with Crippen LogP contribution in [0.5, 0.6) is 0 Å². The summed E-state index contributed by atoms with van der Waals surface area (Å²) in [6.07, 6.45) is 5.72. The van der Waals surface area contributed by atoms with Gasteiger partial charge < -0.3 is 10.2 Å². The van der Waals surface area contributed by atoms with Crippen LogP contribution in [-0.2, 0) is 6.42 Å². The molecule has 0 radical (unpaired) electrons. The number of hydrogen-bond acceptors (Lipinski definition) is 3. The quantitative estimate of drug-likeness (QED) is 0.767. The van der Waals surface area contributed by atoms with Crippen molar-refractivity contribution in [2.24, 2.45) is 5.73 Å². The lowest BCUT2D eigenvalue weighted by Crippen LogP contribution is -1.94. The number of oxazole rings is 1. The van der Waals surface area contributed by atoms with Gasteiger partial charge in [-0.05, 0) is 30.0 Å². The molecule has 0 aliphatic heterocycles. The Balaban J connectivity index is 2.31. The van der Waals surface area contributed by atoms with E-state index in [0.717, 1.165) is 23.9 Å². The second kappa shape index (κ2) is 3.21. The summed E-state index contributed by atoms with van der Waals surface area (Å²) in [5.41, 5.74) is 11.3. The highest BCUT2D eigenvalue weighted by molar-refractivity contribution is 5.91. The molecule has 0 saturated heterocycles. The Labute approximate surface area is 87.6 Å². The highest BCUT2D eigenvalue weighted by Gasteiger charge is 2.20. The molecule has 0 atom stereocenters. The molecule has 3 nitrogen and oxygen atoms in total.